The zero-order valence-corrected chi connectivity index (χ0v) is 15.0. The summed E-state index contributed by atoms with van der Waals surface area (Å²) in [5.41, 5.74) is 12.9. The molecule has 0 bridgehead atoms. The number of nitrogens with zero attached hydrogens (tertiary/aromatic N) is 3. The molecule has 3 aromatic rings. The van der Waals surface area contributed by atoms with E-state index in [9.17, 15) is 0 Å². The summed E-state index contributed by atoms with van der Waals surface area (Å²) in [7, 11) is 0. The predicted molar refractivity (Wildman–Crippen MR) is 100 cm³/mol. The number of hydrogen-bond acceptors (Lipinski definition) is 4. The molecule has 0 saturated carbocycles. The van der Waals surface area contributed by atoms with Gasteiger partial charge in [0, 0.05) is 35.9 Å². The molecule has 0 aliphatic heterocycles. The molecular formula is C21H24N4. The summed E-state index contributed by atoms with van der Waals surface area (Å²) >= 11 is 0. The van der Waals surface area contributed by atoms with Crippen molar-refractivity contribution in [1.82, 2.24) is 15.0 Å². The van der Waals surface area contributed by atoms with E-state index >= 15 is 0 Å². The second-order valence-electron chi connectivity index (χ2n) is 6.68. The second kappa shape index (κ2) is 7.53. The first-order valence-corrected chi connectivity index (χ1v) is 8.55. The van der Waals surface area contributed by atoms with Crippen LogP contribution in [-0.2, 0) is 6.42 Å². The fourth-order valence-electron chi connectivity index (χ4n) is 2.84. The molecule has 0 spiro atoms. The van der Waals surface area contributed by atoms with E-state index in [-0.39, 0.29) is 12.0 Å². The molecular weight excluding hydrogens is 308 g/mol. The summed E-state index contributed by atoms with van der Waals surface area (Å²) in [6.45, 7) is 6.10. The Morgan fingerprint density at radius 3 is 1.72 bits per heavy atom. The summed E-state index contributed by atoms with van der Waals surface area (Å²) in [5.74, 6) is 0.0195. The lowest BCUT2D eigenvalue weighted by Crippen LogP contribution is -2.24. The number of aromatic nitrogens is 3. The average Bonchev–Trinajstić information content (AvgIpc) is 2.62. The molecule has 0 radical (unpaired) electrons. The van der Waals surface area contributed by atoms with Gasteiger partial charge in [-0.2, -0.15) is 0 Å². The van der Waals surface area contributed by atoms with Gasteiger partial charge in [-0.3, -0.25) is 15.0 Å². The molecule has 0 aliphatic carbocycles. The molecule has 0 amide bonds. The number of rotatable bonds is 5. The average molecular weight is 332 g/mol. The van der Waals surface area contributed by atoms with Gasteiger partial charge in [0.2, 0.25) is 0 Å². The van der Waals surface area contributed by atoms with E-state index in [1.807, 2.05) is 51.5 Å². The summed E-state index contributed by atoms with van der Waals surface area (Å²) < 4.78 is 0. The van der Waals surface area contributed by atoms with Crippen LogP contribution in [0, 0.1) is 20.8 Å². The van der Waals surface area contributed by atoms with Gasteiger partial charge < -0.3 is 5.73 Å². The van der Waals surface area contributed by atoms with Crippen molar-refractivity contribution < 1.29 is 0 Å². The smallest absolute Gasteiger partial charge is 0.0578 e. The van der Waals surface area contributed by atoms with Crippen LogP contribution < -0.4 is 5.73 Å². The van der Waals surface area contributed by atoms with Crippen LogP contribution in [0.25, 0.3) is 0 Å². The van der Waals surface area contributed by atoms with Gasteiger partial charge in [0.1, 0.15) is 0 Å². The summed E-state index contributed by atoms with van der Waals surface area (Å²) in [4.78, 5) is 13.7. The highest BCUT2D eigenvalue weighted by Gasteiger charge is 2.24. The molecule has 2 unspecified atom stereocenters. The van der Waals surface area contributed by atoms with Gasteiger partial charge in [0.25, 0.3) is 0 Å². The molecule has 3 heterocycles. The predicted octanol–water partition coefficient (Wildman–Crippen LogP) is 3.82. The van der Waals surface area contributed by atoms with Crippen LogP contribution in [0.4, 0.5) is 0 Å². The highest BCUT2D eigenvalue weighted by Crippen LogP contribution is 2.30. The van der Waals surface area contributed by atoms with Gasteiger partial charge in [0.05, 0.1) is 11.7 Å². The largest absolute Gasteiger partial charge is 0.322 e. The molecule has 4 heteroatoms. The monoisotopic (exact) mass is 332 g/mol. The summed E-state index contributed by atoms with van der Waals surface area (Å²) in [6, 6.07) is 12.1. The number of pyridine rings is 3. The van der Waals surface area contributed by atoms with Gasteiger partial charge >= 0.3 is 0 Å². The zero-order valence-electron chi connectivity index (χ0n) is 15.0. The van der Waals surface area contributed by atoms with E-state index in [2.05, 4.69) is 39.2 Å². The second-order valence-corrected chi connectivity index (χ2v) is 6.68. The maximum Gasteiger partial charge on any atom is 0.0578 e. The minimum atomic E-state index is -0.237. The molecule has 3 aromatic heterocycles. The van der Waals surface area contributed by atoms with Crippen molar-refractivity contribution in [2.24, 2.45) is 5.73 Å². The van der Waals surface area contributed by atoms with Crippen LogP contribution in [0.3, 0.4) is 0 Å². The Morgan fingerprint density at radius 2 is 1.24 bits per heavy atom. The Morgan fingerprint density at radius 1 is 0.720 bits per heavy atom. The van der Waals surface area contributed by atoms with E-state index in [0.29, 0.717) is 0 Å². The minimum Gasteiger partial charge on any atom is -0.322 e. The fourth-order valence-corrected chi connectivity index (χ4v) is 2.84. The number of nitrogens with two attached hydrogens (primary N) is 1. The van der Waals surface area contributed by atoms with Gasteiger partial charge in [-0.15, -0.1) is 0 Å². The topological polar surface area (TPSA) is 64.7 Å². The lowest BCUT2D eigenvalue weighted by molar-refractivity contribution is 0.522. The van der Waals surface area contributed by atoms with E-state index < -0.39 is 0 Å². The van der Waals surface area contributed by atoms with Gasteiger partial charge in [-0.25, -0.2) is 0 Å². The molecule has 0 aromatic carbocycles. The Labute approximate surface area is 149 Å². The highest BCUT2D eigenvalue weighted by atomic mass is 14.8. The van der Waals surface area contributed by atoms with Crippen molar-refractivity contribution in [3.05, 3.63) is 88.8 Å². The van der Waals surface area contributed by atoms with E-state index in [4.69, 9.17) is 5.73 Å². The first-order valence-electron chi connectivity index (χ1n) is 8.55. The standard InChI is InChI=1S/C21H24N4/c1-14-4-7-17(23-11-14)10-18(19-8-5-15(2)12-24-19)21(22)20-9-6-16(3)13-25-20/h4-9,11-13,18,21H,10,22H2,1-3H3. The fraction of sp³-hybridized carbons (Fsp3) is 0.286. The number of aryl methyl sites for hydroxylation is 3. The molecule has 4 nitrogen and oxygen atoms in total. The molecule has 128 valence electrons. The normalized spacial score (nSPS) is 13.4. The first kappa shape index (κ1) is 17.2. The molecule has 0 fully saturated rings. The Balaban J connectivity index is 1.94. The maximum absolute atomic E-state index is 6.61. The van der Waals surface area contributed by atoms with Gasteiger partial charge in [-0.1, -0.05) is 18.2 Å². The molecule has 2 atom stereocenters. The van der Waals surface area contributed by atoms with Crippen LogP contribution in [0.5, 0.6) is 0 Å². The van der Waals surface area contributed by atoms with Crippen molar-refractivity contribution in [2.45, 2.75) is 39.2 Å². The molecule has 0 aliphatic rings. The minimum absolute atomic E-state index is 0.0195. The Hall–Kier alpha value is -2.59. The molecule has 3 rings (SSSR count). The first-order chi connectivity index (χ1) is 12.0. The van der Waals surface area contributed by atoms with Crippen LogP contribution in [0.1, 0.15) is 45.7 Å². The Bertz CT molecular complexity index is 808. The van der Waals surface area contributed by atoms with E-state index in [1.54, 1.807) is 0 Å². The zero-order chi connectivity index (χ0) is 17.8. The quantitative estimate of drug-likeness (QED) is 0.771. The van der Waals surface area contributed by atoms with Crippen LogP contribution in [0.15, 0.2) is 55.0 Å². The summed E-state index contributed by atoms with van der Waals surface area (Å²) in [5, 5.41) is 0. The SMILES string of the molecule is Cc1ccc(CC(c2ccc(C)cn2)C(N)c2ccc(C)cn2)nc1. The molecule has 25 heavy (non-hydrogen) atoms. The molecule has 0 saturated heterocycles. The van der Waals surface area contributed by atoms with Crippen LogP contribution >= 0.6 is 0 Å². The van der Waals surface area contributed by atoms with Crippen molar-refractivity contribution in [1.29, 1.82) is 0 Å². The van der Waals surface area contributed by atoms with Crippen molar-refractivity contribution in [3.63, 3.8) is 0 Å². The van der Waals surface area contributed by atoms with Gasteiger partial charge in [0.15, 0.2) is 0 Å². The van der Waals surface area contributed by atoms with Crippen molar-refractivity contribution in [3.8, 4) is 0 Å². The third-order valence-electron chi connectivity index (χ3n) is 4.43. The maximum atomic E-state index is 6.61. The van der Waals surface area contributed by atoms with E-state index in [1.165, 1.54) is 0 Å². The van der Waals surface area contributed by atoms with Crippen molar-refractivity contribution in [2.75, 3.05) is 0 Å². The highest BCUT2D eigenvalue weighted by molar-refractivity contribution is 5.25. The van der Waals surface area contributed by atoms with Crippen LogP contribution in [-0.4, -0.2) is 15.0 Å². The lowest BCUT2D eigenvalue weighted by atomic mass is 9.88. The third kappa shape index (κ3) is 4.28. The molecule has 2 N–H and O–H groups in total. The van der Waals surface area contributed by atoms with Crippen molar-refractivity contribution >= 4 is 0 Å². The Kier molecular flexibility index (Phi) is 5.19. The van der Waals surface area contributed by atoms with E-state index in [0.717, 1.165) is 40.2 Å². The van der Waals surface area contributed by atoms with Gasteiger partial charge in [-0.05, 0) is 62.1 Å². The van der Waals surface area contributed by atoms with Crippen LogP contribution in [0.2, 0.25) is 0 Å². The lowest BCUT2D eigenvalue weighted by Gasteiger charge is -2.23. The summed E-state index contributed by atoms with van der Waals surface area (Å²) in [6.07, 6.45) is 6.37. The number of hydrogen-bond donors (Lipinski definition) is 1. The third-order valence-corrected chi connectivity index (χ3v) is 4.43.